The zero-order chi connectivity index (χ0) is 16.8. The normalized spacial score (nSPS) is 16.8. The Morgan fingerprint density at radius 3 is 2.65 bits per heavy atom. The highest BCUT2D eigenvalue weighted by atomic mass is 32.1. The molecule has 0 radical (unpaired) electrons. The van der Waals surface area contributed by atoms with E-state index in [9.17, 15) is 9.59 Å². The number of hydrogen-bond donors (Lipinski definition) is 1. The summed E-state index contributed by atoms with van der Waals surface area (Å²) in [5.41, 5.74) is 0.891. The number of hydrogen-bond acceptors (Lipinski definition) is 4. The van der Waals surface area contributed by atoms with Crippen LogP contribution in [0, 0.1) is 12.8 Å². The van der Waals surface area contributed by atoms with Crippen LogP contribution in [0.2, 0.25) is 0 Å². The predicted octanol–water partition coefficient (Wildman–Crippen LogP) is 3.60. The highest BCUT2D eigenvalue weighted by Gasteiger charge is 2.29. The Morgan fingerprint density at radius 2 is 2.09 bits per heavy atom. The topological polar surface area (TPSA) is 62.3 Å². The van der Waals surface area contributed by atoms with Gasteiger partial charge >= 0.3 is 0 Å². The molecule has 1 aromatic heterocycles. The van der Waals surface area contributed by atoms with Crippen molar-refractivity contribution >= 4 is 28.3 Å². The molecule has 1 aliphatic rings. The Bertz CT molecular complexity index is 538. The number of carbonyl (C=O) groups excluding carboxylic acids is 2. The Labute approximate surface area is 142 Å². The first-order valence-corrected chi connectivity index (χ1v) is 9.41. The lowest BCUT2D eigenvalue weighted by Crippen LogP contribution is -2.46. The van der Waals surface area contributed by atoms with E-state index in [-0.39, 0.29) is 30.3 Å². The number of nitrogens with one attached hydrogen (secondary N) is 1. The molecule has 2 rings (SSSR count). The molecule has 1 aliphatic carbocycles. The summed E-state index contributed by atoms with van der Waals surface area (Å²) in [7, 11) is 0. The first-order valence-electron chi connectivity index (χ1n) is 8.53. The Morgan fingerprint density at radius 1 is 1.39 bits per heavy atom. The number of aryl methyl sites for hydroxylation is 1. The first-order chi connectivity index (χ1) is 11.0. The molecule has 1 unspecified atom stereocenters. The van der Waals surface area contributed by atoms with Crippen LogP contribution in [-0.2, 0) is 9.59 Å². The van der Waals surface area contributed by atoms with Crippen LogP contribution >= 0.6 is 11.3 Å². The van der Waals surface area contributed by atoms with Gasteiger partial charge in [-0.1, -0.05) is 26.2 Å². The van der Waals surface area contributed by atoms with Gasteiger partial charge in [0, 0.05) is 17.3 Å². The number of rotatable bonds is 6. The molecule has 1 aromatic rings. The van der Waals surface area contributed by atoms with Crippen LogP contribution < -0.4 is 5.32 Å². The SMILES string of the molecule is CCC(C)N(CC(=O)Nc1nc(C)cs1)C(=O)C1CCCCC1. The van der Waals surface area contributed by atoms with Crippen LogP contribution in [0.15, 0.2) is 5.38 Å². The fraction of sp³-hybridized carbons (Fsp3) is 0.706. The van der Waals surface area contributed by atoms with Crippen molar-refractivity contribution in [1.29, 1.82) is 0 Å². The third-order valence-corrected chi connectivity index (χ3v) is 5.42. The van der Waals surface area contributed by atoms with E-state index >= 15 is 0 Å². The average Bonchev–Trinajstić information content (AvgIpc) is 2.97. The second-order valence-corrected chi connectivity index (χ2v) is 7.26. The second kappa shape index (κ2) is 8.43. The van der Waals surface area contributed by atoms with E-state index in [0.717, 1.165) is 37.8 Å². The summed E-state index contributed by atoms with van der Waals surface area (Å²) >= 11 is 1.41. The molecular weight excluding hydrogens is 310 g/mol. The molecule has 0 bridgehead atoms. The van der Waals surface area contributed by atoms with Gasteiger partial charge in [0.2, 0.25) is 11.8 Å². The van der Waals surface area contributed by atoms with Crippen LogP contribution in [0.1, 0.15) is 58.1 Å². The molecule has 1 atom stereocenters. The highest BCUT2D eigenvalue weighted by molar-refractivity contribution is 7.13. The lowest BCUT2D eigenvalue weighted by Gasteiger charge is -2.32. The number of nitrogens with zero attached hydrogens (tertiary/aromatic N) is 2. The van der Waals surface area contributed by atoms with Crippen molar-refractivity contribution in [3.05, 3.63) is 11.1 Å². The second-order valence-electron chi connectivity index (χ2n) is 6.40. The molecule has 0 aromatic carbocycles. The van der Waals surface area contributed by atoms with Crippen molar-refractivity contribution in [3.8, 4) is 0 Å². The van der Waals surface area contributed by atoms with Gasteiger partial charge in [0.05, 0.1) is 5.69 Å². The first kappa shape index (κ1) is 17.9. The van der Waals surface area contributed by atoms with E-state index in [0.29, 0.717) is 5.13 Å². The van der Waals surface area contributed by atoms with Gasteiger partial charge in [-0.15, -0.1) is 11.3 Å². The quantitative estimate of drug-likeness (QED) is 0.863. The molecule has 128 valence electrons. The third kappa shape index (κ3) is 5.03. The van der Waals surface area contributed by atoms with E-state index in [4.69, 9.17) is 0 Å². The summed E-state index contributed by atoms with van der Waals surface area (Å²) in [6.45, 7) is 6.07. The van der Waals surface area contributed by atoms with Gasteiger partial charge in [-0.2, -0.15) is 0 Å². The molecule has 5 nitrogen and oxygen atoms in total. The minimum absolute atomic E-state index is 0.0770. The van der Waals surface area contributed by atoms with Crippen molar-refractivity contribution in [3.63, 3.8) is 0 Å². The third-order valence-electron chi connectivity index (χ3n) is 4.54. The number of aromatic nitrogens is 1. The van der Waals surface area contributed by atoms with Crippen LogP contribution in [-0.4, -0.2) is 34.3 Å². The van der Waals surface area contributed by atoms with Crippen LogP contribution in [0.5, 0.6) is 0 Å². The van der Waals surface area contributed by atoms with Crippen molar-refractivity contribution in [1.82, 2.24) is 9.88 Å². The molecule has 1 heterocycles. The zero-order valence-corrected chi connectivity index (χ0v) is 15.1. The van der Waals surface area contributed by atoms with Gasteiger partial charge in [-0.25, -0.2) is 4.98 Å². The number of amides is 2. The fourth-order valence-corrected chi connectivity index (χ4v) is 3.68. The van der Waals surface area contributed by atoms with Crippen molar-refractivity contribution in [2.24, 2.45) is 5.92 Å². The minimum Gasteiger partial charge on any atom is -0.330 e. The van der Waals surface area contributed by atoms with Crippen LogP contribution in [0.3, 0.4) is 0 Å². The fourth-order valence-electron chi connectivity index (χ4n) is 2.98. The summed E-state index contributed by atoms with van der Waals surface area (Å²) < 4.78 is 0. The number of thiazole rings is 1. The molecule has 0 saturated heterocycles. The summed E-state index contributed by atoms with van der Waals surface area (Å²) in [6, 6.07) is 0.0770. The largest absolute Gasteiger partial charge is 0.330 e. The van der Waals surface area contributed by atoms with Crippen molar-refractivity contribution < 1.29 is 9.59 Å². The molecule has 1 saturated carbocycles. The van der Waals surface area contributed by atoms with E-state index in [1.165, 1.54) is 17.8 Å². The van der Waals surface area contributed by atoms with Crippen LogP contribution in [0.25, 0.3) is 0 Å². The maximum absolute atomic E-state index is 12.8. The maximum Gasteiger partial charge on any atom is 0.245 e. The number of anilines is 1. The predicted molar refractivity (Wildman–Crippen MR) is 93.5 cm³/mol. The zero-order valence-electron chi connectivity index (χ0n) is 14.3. The molecule has 2 amide bonds. The van der Waals surface area contributed by atoms with Gasteiger partial charge in [0.25, 0.3) is 0 Å². The van der Waals surface area contributed by atoms with Gasteiger partial charge in [-0.05, 0) is 33.1 Å². The lowest BCUT2D eigenvalue weighted by molar-refractivity contribution is -0.141. The standard InChI is InChI=1S/C17H27N3O2S/c1-4-13(3)20(16(22)14-8-6-5-7-9-14)10-15(21)19-17-18-12(2)11-23-17/h11,13-14H,4-10H2,1-3H3,(H,18,19,21). The Hall–Kier alpha value is -1.43. The molecule has 0 spiro atoms. The highest BCUT2D eigenvalue weighted by Crippen LogP contribution is 2.26. The van der Waals surface area contributed by atoms with Crippen molar-refractivity contribution in [2.75, 3.05) is 11.9 Å². The molecule has 1 fully saturated rings. The smallest absolute Gasteiger partial charge is 0.245 e. The summed E-state index contributed by atoms with van der Waals surface area (Å²) in [5.74, 6) is 0.0704. The Balaban J connectivity index is 1.99. The van der Waals surface area contributed by atoms with Gasteiger partial charge in [0.15, 0.2) is 5.13 Å². The summed E-state index contributed by atoms with van der Waals surface area (Å²) in [6.07, 6.45) is 6.22. The summed E-state index contributed by atoms with van der Waals surface area (Å²) in [5, 5.41) is 5.30. The molecule has 1 N–H and O–H groups in total. The monoisotopic (exact) mass is 337 g/mol. The lowest BCUT2D eigenvalue weighted by atomic mass is 9.88. The maximum atomic E-state index is 12.8. The van der Waals surface area contributed by atoms with E-state index in [2.05, 4.69) is 10.3 Å². The van der Waals surface area contributed by atoms with E-state index < -0.39 is 0 Å². The Kier molecular flexibility index (Phi) is 6.57. The van der Waals surface area contributed by atoms with Gasteiger partial charge < -0.3 is 10.2 Å². The van der Waals surface area contributed by atoms with E-state index in [1.807, 2.05) is 26.2 Å². The van der Waals surface area contributed by atoms with Crippen molar-refractivity contribution in [2.45, 2.75) is 65.3 Å². The minimum atomic E-state index is -0.163. The summed E-state index contributed by atoms with van der Waals surface area (Å²) in [4.78, 5) is 31.1. The number of carbonyl (C=O) groups is 2. The molecule has 23 heavy (non-hydrogen) atoms. The van der Waals surface area contributed by atoms with Gasteiger partial charge in [0.1, 0.15) is 6.54 Å². The molecule has 0 aliphatic heterocycles. The van der Waals surface area contributed by atoms with Gasteiger partial charge in [-0.3, -0.25) is 9.59 Å². The molecule has 6 heteroatoms. The average molecular weight is 337 g/mol. The van der Waals surface area contributed by atoms with E-state index in [1.54, 1.807) is 4.90 Å². The van der Waals surface area contributed by atoms with Crippen LogP contribution in [0.4, 0.5) is 5.13 Å². The molecular formula is C17H27N3O2S.